The first kappa shape index (κ1) is 12.9. The monoisotopic (exact) mass is 284 g/mol. The van der Waals surface area contributed by atoms with Crippen LogP contribution in [0, 0.1) is 0 Å². The van der Waals surface area contributed by atoms with E-state index in [1.54, 1.807) is 24.3 Å². The third-order valence-electron chi connectivity index (χ3n) is 2.26. The number of nitrogens with two attached hydrogens (primary N) is 1. The van der Waals surface area contributed by atoms with Gasteiger partial charge in [-0.3, -0.25) is 4.72 Å². The highest BCUT2D eigenvalue weighted by molar-refractivity contribution is 7.93. The maximum Gasteiger partial charge on any atom is 0.262 e. The molecule has 0 fully saturated rings. The molecule has 0 bridgehead atoms. The fourth-order valence-corrected chi connectivity index (χ4v) is 3.09. The van der Waals surface area contributed by atoms with E-state index < -0.39 is 10.0 Å². The van der Waals surface area contributed by atoms with Crippen LogP contribution in [0.25, 0.3) is 0 Å². The van der Waals surface area contributed by atoms with Crippen LogP contribution in [0.2, 0.25) is 0 Å². The quantitative estimate of drug-likeness (QED) is 0.848. The van der Waals surface area contributed by atoms with Gasteiger partial charge in [-0.2, -0.15) is 0 Å². The number of nitrogens with one attached hydrogen (secondary N) is 1. The summed E-state index contributed by atoms with van der Waals surface area (Å²) in [5, 5.41) is 3.96. The number of anilines is 1. The molecule has 1 heterocycles. The summed E-state index contributed by atoms with van der Waals surface area (Å²) < 4.78 is 30.0. The molecule has 0 radical (unpaired) electrons. The van der Waals surface area contributed by atoms with Crippen LogP contribution in [0.3, 0.4) is 0 Å². The fraction of sp³-hybridized carbons (Fsp3) is 0.200. The van der Waals surface area contributed by atoms with Crippen LogP contribution in [0.15, 0.2) is 35.4 Å². The summed E-state index contributed by atoms with van der Waals surface area (Å²) in [6.07, 6.45) is 2.09. The largest absolute Gasteiger partial charge is 0.330 e. The minimum Gasteiger partial charge on any atom is -0.330 e. The van der Waals surface area contributed by atoms with Gasteiger partial charge in [0, 0.05) is 11.5 Å². The fourth-order valence-electron chi connectivity index (χ4n) is 1.41. The van der Waals surface area contributed by atoms with E-state index in [1.807, 2.05) is 0 Å². The van der Waals surface area contributed by atoms with Gasteiger partial charge in [0.15, 0.2) is 0 Å². The average Bonchev–Trinajstić information content (AvgIpc) is 2.82. The van der Waals surface area contributed by atoms with Crippen LogP contribution in [-0.2, 0) is 16.4 Å². The van der Waals surface area contributed by atoms with Gasteiger partial charge in [0.25, 0.3) is 10.0 Å². The van der Waals surface area contributed by atoms with Crippen LogP contribution >= 0.6 is 11.5 Å². The van der Waals surface area contributed by atoms with Crippen molar-refractivity contribution in [3.63, 3.8) is 0 Å². The van der Waals surface area contributed by atoms with E-state index >= 15 is 0 Å². The van der Waals surface area contributed by atoms with E-state index in [9.17, 15) is 8.42 Å². The molecule has 18 heavy (non-hydrogen) atoms. The molecule has 8 heteroatoms. The summed E-state index contributed by atoms with van der Waals surface area (Å²) >= 11 is 0.988. The van der Waals surface area contributed by atoms with Crippen LogP contribution in [0.1, 0.15) is 5.56 Å². The van der Waals surface area contributed by atoms with Crippen LogP contribution in [0.4, 0.5) is 5.00 Å². The lowest BCUT2D eigenvalue weighted by atomic mass is 10.2. The second kappa shape index (κ2) is 5.42. The molecule has 6 nitrogen and oxygen atoms in total. The van der Waals surface area contributed by atoms with Crippen LogP contribution in [0.5, 0.6) is 0 Å². The molecular formula is C10H12N4O2S2. The molecule has 0 saturated heterocycles. The molecule has 0 unspecified atom stereocenters. The van der Waals surface area contributed by atoms with Gasteiger partial charge >= 0.3 is 0 Å². The Morgan fingerprint density at radius 2 is 2.00 bits per heavy atom. The third kappa shape index (κ3) is 3.03. The topological polar surface area (TPSA) is 98.0 Å². The summed E-state index contributed by atoms with van der Waals surface area (Å²) in [4.78, 5) is 0.205. The van der Waals surface area contributed by atoms with E-state index in [0.717, 1.165) is 23.5 Å². The van der Waals surface area contributed by atoms with Crippen molar-refractivity contribution in [1.29, 1.82) is 0 Å². The van der Waals surface area contributed by atoms with E-state index in [1.165, 1.54) is 6.20 Å². The number of hydrogen-bond donors (Lipinski definition) is 2. The molecule has 2 rings (SSSR count). The average molecular weight is 284 g/mol. The van der Waals surface area contributed by atoms with E-state index in [2.05, 4.69) is 14.3 Å². The number of rotatable bonds is 5. The zero-order valence-electron chi connectivity index (χ0n) is 9.41. The van der Waals surface area contributed by atoms with Gasteiger partial charge in [0.1, 0.15) is 5.00 Å². The SMILES string of the molecule is NCCc1ccc(S(=O)(=O)Nc2cnns2)cc1. The van der Waals surface area contributed by atoms with E-state index in [4.69, 9.17) is 5.73 Å². The van der Waals surface area contributed by atoms with Gasteiger partial charge in [0.2, 0.25) is 0 Å². The molecular weight excluding hydrogens is 272 g/mol. The molecule has 96 valence electrons. The van der Waals surface area contributed by atoms with Gasteiger partial charge in [-0.15, -0.1) is 5.10 Å². The van der Waals surface area contributed by atoms with Crippen molar-refractivity contribution in [3.8, 4) is 0 Å². The number of aromatic nitrogens is 2. The molecule has 0 amide bonds. The van der Waals surface area contributed by atoms with Crippen molar-refractivity contribution < 1.29 is 8.42 Å². The highest BCUT2D eigenvalue weighted by Crippen LogP contribution is 2.18. The predicted molar refractivity (Wildman–Crippen MR) is 69.9 cm³/mol. The van der Waals surface area contributed by atoms with Gasteiger partial charge in [-0.05, 0) is 30.7 Å². The molecule has 0 aliphatic carbocycles. The Morgan fingerprint density at radius 3 is 2.56 bits per heavy atom. The molecule has 2 aromatic rings. The number of hydrogen-bond acceptors (Lipinski definition) is 6. The molecule has 1 aromatic carbocycles. The summed E-state index contributed by atoms with van der Waals surface area (Å²) in [5.41, 5.74) is 6.44. The second-order valence-corrected chi connectivity index (χ2v) is 6.04. The first-order chi connectivity index (χ1) is 8.62. The first-order valence-corrected chi connectivity index (χ1v) is 7.46. The Bertz CT molecular complexity index is 593. The lowest BCUT2D eigenvalue weighted by molar-refractivity contribution is 0.601. The molecule has 0 saturated carbocycles. The minimum absolute atomic E-state index is 0.205. The number of benzene rings is 1. The number of nitrogens with zero attached hydrogens (tertiary/aromatic N) is 2. The maximum atomic E-state index is 12.0. The van der Waals surface area contributed by atoms with Gasteiger partial charge in [-0.25, -0.2) is 8.42 Å². The molecule has 0 aliphatic heterocycles. The first-order valence-electron chi connectivity index (χ1n) is 5.21. The van der Waals surface area contributed by atoms with Crippen molar-refractivity contribution >= 4 is 26.6 Å². The van der Waals surface area contributed by atoms with Gasteiger partial charge in [-0.1, -0.05) is 16.6 Å². The summed E-state index contributed by atoms with van der Waals surface area (Å²) in [5.74, 6) is 0. The Labute approximate surface area is 109 Å². The van der Waals surface area contributed by atoms with Crippen molar-refractivity contribution in [2.45, 2.75) is 11.3 Å². The number of sulfonamides is 1. The highest BCUT2D eigenvalue weighted by Gasteiger charge is 2.14. The normalized spacial score (nSPS) is 11.4. The maximum absolute atomic E-state index is 12.0. The van der Waals surface area contributed by atoms with E-state index in [-0.39, 0.29) is 4.90 Å². The molecule has 0 spiro atoms. The smallest absolute Gasteiger partial charge is 0.262 e. The minimum atomic E-state index is -3.57. The lowest BCUT2D eigenvalue weighted by Gasteiger charge is -2.06. The molecule has 3 N–H and O–H groups in total. The molecule has 0 atom stereocenters. The highest BCUT2D eigenvalue weighted by atomic mass is 32.2. The Hall–Kier alpha value is -1.51. The van der Waals surface area contributed by atoms with Crippen molar-refractivity contribution in [1.82, 2.24) is 9.59 Å². The Morgan fingerprint density at radius 1 is 1.28 bits per heavy atom. The van der Waals surface area contributed by atoms with E-state index in [0.29, 0.717) is 11.5 Å². The Kier molecular flexibility index (Phi) is 3.90. The zero-order valence-corrected chi connectivity index (χ0v) is 11.0. The summed E-state index contributed by atoms with van der Waals surface area (Å²) in [7, 11) is -3.57. The summed E-state index contributed by atoms with van der Waals surface area (Å²) in [6, 6.07) is 6.63. The van der Waals surface area contributed by atoms with Crippen molar-refractivity contribution in [2.75, 3.05) is 11.3 Å². The van der Waals surface area contributed by atoms with Crippen molar-refractivity contribution in [3.05, 3.63) is 36.0 Å². The van der Waals surface area contributed by atoms with Gasteiger partial charge in [0.05, 0.1) is 11.1 Å². The molecule has 0 aliphatic rings. The zero-order chi connectivity index (χ0) is 13.0. The van der Waals surface area contributed by atoms with Gasteiger partial charge < -0.3 is 5.73 Å². The Balaban J connectivity index is 2.19. The predicted octanol–water partition coefficient (Wildman–Crippen LogP) is 0.840. The second-order valence-electron chi connectivity index (χ2n) is 3.57. The standard InChI is InChI=1S/C10H12N4O2S2/c11-6-5-8-1-3-9(4-2-8)18(15,16)13-10-7-12-14-17-10/h1-4,7,13H,5-6,11H2. The van der Waals surface area contributed by atoms with Crippen LogP contribution < -0.4 is 10.5 Å². The van der Waals surface area contributed by atoms with Crippen LogP contribution in [-0.4, -0.2) is 24.5 Å². The van der Waals surface area contributed by atoms with Crippen molar-refractivity contribution in [2.24, 2.45) is 5.73 Å². The summed E-state index contributed by atoms with van der Waals surface area (Å²) in [6.45, 7) is 0.539. The third-order valence-corrected chi connectivity index (χ3v) is 4.35. The lowest BCUT2D eigenvalue weighted by Crippen LogP contribution is -2.12. The molecule has 1 aromatic heterocycles.